The largest absolute Gasteiger partial charge is 0.480 e. The normalized spacial score (nSPS) is 34.1. The molecule has 0 aromatic carbocycles. The molecule has 2 N–H and O–H groups in total. The van der Waals surface area contributed by atoms with Crippen molar-refractivity contribution in [2.45, 2.75) is 76.0 Å². The van der Waals surface area contributed by atoms with Crippen LogP contribution in [0, 0.1) is 5.92 Å². The molecule has 0 bridgehead atoms. The van der Waals surface area contributed by atoms with Gasteiger partial charge in [0.2, 0.25) is 0 Å². The molecular formula is C20H34N4O3. The van der Waals surface area contributed by atoms with Gasteiger partial charge in [0, 0.05) is 37.3 Å². The van der Waals surface area contributed by atoms with Crippen molar-refractivity contribution in [1.82, 2.24) is 20.0 Å². The highest BCUT2D eigenvalue weighted by Gasteiger charge is 2.43. The standard InChI is InChI=1S/C20H34N4O3/c1-2-22(13-19(25)26)17-10-15(11-17)21-20(27)23-9-7-18-14(12-23)4-3-8-24(18)16-5-6-16/h14-18H,2-13H2,1H3,(H,21,27)(H,25,26). The summed E-state index contributed by atoms with van der Waals surface area (Å²) in [5, 5.41) is 12.2. The lowest BCUT2D eigenvalue weighted by atomic mass is 9.83. The zero-order valence-corrected chi connectivity index (χ0v) is 16.5. The maximum absolute atomic E-state index is 12.7. The van der Waals surface area contributed by atoms with E-state index in [1.165, 1.54) is 32.2 Å². The fourth-order valence-electron chi connectivity index (χ4n) is 5.43. The van der Waals surface area contributed by atoms with Crippen molar-refractivity contribution in [3.05, 3.63) is 0 Å². The molecule has 0 aromatic rings. The van der Waals surface area contributed by atoms with Gasteiger partial charge in [-0.2, -0.15) is 0 Å². The summed E-state index contributed by atoms with van der Waals surface area (Å²) in [5.74, 6) is -0.140. The molecule has 2 unspecified atom stereocenters. The van der Waals surface area contributed by atoms with E-state index in [4.69, 9.17) is 5.11 Å². The van der Waals surface area contributed by atoms with Crippen LogP contribution in [0.25, 0.3) is 0 Å². The number of piperidine rings is 2. The second-order valence-electron chi connectivity index (χ2n) is 8.90. The lowest BCUT2D eigenvalue weighted by molar-refractivity contribution is -0.139. The van der Waals surface area contributed by atoms with E-state index in [1.807, 2.05) is 16.7 Å². The average Bonchev–Trinajstić information content (AvgIpc) is 3.46. The Morgan fingerprint density at radius 2 is 1.93 bits per heavy atom. The highest BCUT2D eigenvalue weighted by atomic mass is 16.4. The van der Waals surface area contributed by atoms with Gasteiger partial charge in [-0.15, -0.1) is 0 Å². The Hall–Kier alpha value is -1.34. The Morgan fingerprint density at radius 1 is 1.15 bits per heavy atom. The van der Waals surface area contributed by atoms with Gasteiger partial charge in [-0.25, -0.2) is 4.79 Å². The van der Waals surface area contributed by atoms with Gasteiger partial charge in [0.25, 0.3) is 0 Å². The average molecular weight is 379 g/mol. The summed E-state index contributed by atoms with van der Waals surface area (Å²) in [5.41, 5.74) is 0. The van der Waals surface area contributed by atoms with Crippen LogP contribution in [0.15, 0.2) is 0 Å². The molecule has 2 amide bonds. The first-order chi connectivity index (χ1) is 13.0. The Morgan fingerprint density at radius 3 is 2.59 bits per heavy atom. The smallest absolute Gasteiger partial charge is 0.317 e. The van der Waals surface area contributed by atoms with Crippen LogP contribution in [0.5, 0.6) is 0 Å². The number of hydrogen-bond donors (Lipinski definition) is 2. The van der Waals surface area contributed by atoms with Crippen LogP contribution >= 0.6 is 0 Å². The SMILES string of the molecule is CCN(CC(=O)O)C1CC(NC(=O)N2CCC3C(CCCN3C3CC3)C2)C1. The number of carboxylic acid groups (broad SMARTS) is 1. The number of nitrogens with zero attached hydrogens (tertiary/aromatic N) is 3. The highest BCUT2D eigenvalue weighted by Crippen LogP contribution is 2.38. The number of fused-ring (bicyclic) bond motifs is 1. The lowest BCUT2D eigenvalue weighted by Crippen LogP contribution is -2.60. The molecule has 2 saturated carbocycles. The molecule has 2 aliphatic carbocycles. The number of carboxylic acids is 1. The summed E-state index contributed by atoms with van der Waals surface area (Å²) in [6.45, 7) is 5.85. The molecular weight excluding hydrogens is 344 g/mol. The van der Waals surface area contributed by atoms with E-state index in [0.717, 1.165) is 44.9 Å². The summed E-state index contributed by atoms with van der Waals surface area (Å²) < 4.78 is 0. The van der Waals surface area contributed by atoms with Crippen LogP contribution in [0.4, 0.5) is 4.79 Å². The van der Waals surface area contributed by atoms with Crippen molar-refractivity contribution in [2.75, 3.05) is 32.7 Å². The molecule has 0 spiro atoms. The Kier molecular flexibility index (Phi) is 5.60. The number of carbonyl (C=O) groups excluding carboxylic acids is 1. The van der Waals surface area contributed by atoms with E-state index in [9.17, 15) is 9.59 Å². The van der Waals surface area contributed by atoms with Crippen molar-refractivity contribution in [1.29, 1.82) is 0 Å². The van der Waals surface area contributed by atoms with Gasteiger partial charge in [0.05, 0.1) is 6.54 Å². The third kappa shape index (κ3) is 4.24. The summed E-state index contributed by atoms with van der Waals surface area (Å²) in [6.07, 6.45) is 8.10. The molecule has 27 heavy (non-hydrogen) atoms. The number of likely N-dealkylation sites (tertiary alicyclic amines) is 2. The van der Waals surface area contributed by atoms with Crippen LogP contribution < -0.4 is 5.32 Å². The molecule has 4 fully saturated rings. The minimum atomic E-state index is -0.778. The van der Waals surface area contributed by atoms with Crippen LogP contribution in [-0.2, 0) is 4.79 Å². The molecule has 7 heteroatoms. The van der Waals surface area contributed by atoms with E-state index in [1.54, 1.807) is 0 Å². The summed E-state index contributed by atoms with van der Waals surface area (Å²) in [6, 6.07) is 2.08. The van der Waals surface area contributed by atoms with E-state index in [-0.39, 0.29) is 24.7 Å². The Balaban J connectivity index is 1.23. The van der Waals surface area contributed by atoms with Crippen molar-refractivity contribution in [2.24, 2.45) is 5.92 Å². The molecule has 4 aliphatic rings. The molecule has 4 rings (SSSR count). The Bertz CT molecular complexity index is 561. The second kappa shape index (κ2) is 7.95. The molecule has 152 valence electrons. The van der Waals surface area contributed by atoms with Crippen molar-refractivity contribution >= 4 is 12.0 Å². The lowest BCUT2D eigenvalue weighted by Gasteiger charge is -2.48. The topological polar surface area (TPSA) is 76.1 Å². The van der Waals surface area contributed by atoms with Crippen LogP contribution in [0.3, 0.4) is 0 Å². The second-order valence-corrected chi connectivity index (χ2v) is 8.90. The zero-order chi connectivity index (χ0) is 19.0. The number of amides is 2. The number of urea groups is 1. The van der Waals surface area contributed by atoms with Crippen LogP contribution in [0.2, 0.25) is 0 Å². The number of nitrogens with one attached hydrogen (secondary N) is 1. The summed E-state index contributed by atoms with van der Waals surface area (Å²) in [4.78, 5) is 30.4. The number of likely N-dealkylation sites (N-methyl/N-ethyl adjacent to an activating group) is 1. The van der Waals surface area contributed by atoms with E-state index in [0.29, 0.717) is 12.0 Å². The third-order valence-corrected chi connectivity index (χ3v) is 7.12. The number of hydrogen-bond acceptors (Lipinski definition) is 4. The molecule has 0 aromatic heterocycles. The molecule has 2 heterocycles. The quantitative estimate of drug-likeness (QED) is 0.734. The fraction of sp³-hybridized carbons (Fsp3) is 0.900. The van der Waals surface area contributed by atoms with Crippen molar-refractivity contribution in [3.8, 4) is 0 Å². The first kappa shape index (κ1) is 19.0. The van der Waals surface area contributed by atoms with Crippen molar-refractivity contribution < 1.29 is 14.7 Å². The molecule has 2 saturated heterocycles. The predicted molar refractivity (Wildman–Crippen MR) is 103 cm³/mol. The molecule has 2 atom stereocenters. The molecule has 0 radical (unpaired) electrons. The van der Waals surface area contributed by atoms with Gasteiger partial charge >= 0.3 is 12.0 Å². The molecule has 7 nitrogen and oxygen atoms in total. The number of carbonyl (C=O) groups is 2. The van der Waals surface area contributed by atoms with Gasteiger partial charge < -0.3 is 15.3 Å². The van der Waals surface area contributed by atoms with Gasteiger partial charge in [-0.3, -0.25) is 14.6 Å². The van der Waals surface area contributed by atoms with Crippen LogP contribution in [-0.4, -0.2) is 88.7 Å². The van der Waals surface area contributed by atoms with Gasteiger partial charge in [0.15, 0.2) is 0 Å². The minimum Gasteiger partial charge on any atom is -0.480 e. The van der Waals surface area contributed by atoms with E-state index >= 15 is 0 Å². The van der Waals surface area contributed by atoms with Gasteiger partial charge in [-0.05, 0) is 64.0 Å². The predicted octanol–water partition coefficient (Wildman–Crippen LogP) is 1.58. The maximum Gasteiger partial charge on any atom is 0.317 e. The number of rotatable bonds is 6. The minimum absolute atomic E-state index is 0.0849. The van der Waals surface area contributed by atoms with Crippen LogP contribution in [0.1, 0.15) is 51.9 Å². The maximum atomic E-state index is 12.7. The molecule has 2 aliphatic heterocycles. The monoisotopic (exact) mass is 378 g/mol. The first-order valence-electron chi connectivity index (χ1n) is 10.8. The highest BCUT2D eigenvalue weighted by molar-refractivity contribution is 5.75. The Labute approximate surface area is 162 Å². The number of aliphatic carboxylic acids is 1. The fourth-order valence-corrected chi connectivity index (χ4v) is 5.43. The van der Waals surface area contributed by atoms with Gasteiger partial charge in [-0.1, -0.05) is 6.92 Å². The van der Waals surface area contributed by atoms with E-state index in [2.05, 4.69) is 10.2 Å². The summed E-state index contributed by atoms with van der Waals surface area (Å²) >= 11 is 0. The third-order valence-electron chi connectivity index (χ3n) is 7.12. The van der Waals surface area contributed by atoms with Crippen molar-refractivity contribution in [3.63, 3.8) is 0 Å². The first-order valence-corrected chi connectivity index (χ1v) is 10.8. The zero-order valence-electron chi connectivity index (χ0n) is 16.5. The van der Waals surface area contributed by atoms with Gasteiger partial charge in [0.1, 0.15) is 0 Å². The van der Waals surface area contributed by atoms with E-state index < -0.39 is 5.97 Å². The summed E-state index contributed by atoms with van der Waals surface area (Å²) in [7, 11) is 0.